The van der Waals surface area contributed by atoms with Gasteiger partial charge in [0, 0.05) is 40.1 Å². The largest absolute Gasteiger partial charge is 0.380 e. The number of fused-ring (bicyclic) bond motifs is 1. The molecule has 0 aliphatic heterocycles. The molecule has 0 atom stereocenters. The lowest BCUT2D eigenvalue weighted by Gasteiger charge is -2.09. The summed E-state index contributed by atoms with van der Waals surface area (Å²) < 4.78 is 0. The zero-order valence-electron chi connectivity index (χ0n) is 10.4. The molecule has 0 saturated carbocycles. The van der Waals surface area contributed by atoms with Crippen molar-refractivity contribution in [1.82, 2.24) is 15.2 Å². The molecule has 5 heteroatoms. The number of benzene rings is 1. The van der Waals surface area contributed by atoms with Crippen molar-refractivity contribution < 1.29 is 0 Å². The SMILES string of the molecule is Cc1[nH]ncc1CNc1ccnc2cc(Cl)ccc12. The quantitative estimate of drug-likeness (QED) is 0.767. The van der Waals surface area contributed by atoms with Gasteiger partial charge in [-0.15, -0.1) is 0 Å². The van der Waals surface area contributed by atoms with Crippen molar-refractivity contribution in [2.45, 2.75) is 13.5 Å². The van der Waals surface area contributed by atoms with Crippen LogP contribution in [0, 0.1) is 6.92 Å². The van der Waals surface area contributed by atoms with Crippen molar-refractivity contribution in [2.75, 3.05) is 5.32 Å². The summed E-state index contributed by atoms with van der Waals surface area (Å²) in [6.45, 7) is 2.73. The van der Waals surface area contributed by atoms with E-state index in [2.05, 4.69) is 20.5 Å². The average molecular weight is 273 g/mol. The molecule has 3 rings (SSSR count). The molecule has 3 aromatic rings. The molecule has 96 valence electrons. The highest BCUT2D eigenvalue weighted by Crippen LogP contribution is 2.24. The Bertz CT molecular complexity index is 720. The number of nitrogens with zero attached hydrogens (tertiary/aromatic N) is 2. The van der Waals surface area contributed by atoms with Crippen LogP contribution >= 0.6 is 11.6 Å². The Hall–Kier alpha value is -2.07. The van der Waals surface area contributed by atoms with Crippen LogP contribution in [0.25, 0.3) is 10.9 Å². The molecular formula is C14H13ClN4. The monoisotopic (exact) mass is 272 g/mol. The molecule has 0 saturated heterocycles. The van der Waals surface area contributed by atoms with Gasteiger partial charge in [0.1, 0.15) is 0 Å². The van der Waals surface area contributed by atoms with Gasteiger partial charge in [0.15, 0.2) is 0 Å². The Balaban J connectivity index is 1.91. The van der Waals surface area contributed by atoms with Gasteiger partial charge in [-0.1, -0.05) is 11.6 Å². The molecule has 19 heavy (non-hydrogen) atoms. The molecule has 2 aromatic heterocycles. The smallest absolute Gasteiger partial charge is 0.0737 e. The summed E-state index contributed by atoms with van der Waals surface area (Å²) in [5.74, 6) is 0. The number of anilines is 1. The van der Waals surface area contributed by atoms with Crippen LogP contribution in [0.5, 0.6) is 0 Å². The third kappa shape index (κ3) is 2.39. The Labute approximate surface area is 115 Å². The summed E-state index contributed by atoms with van der Waals surface area (Å²) in [4.78, 5) is 4.32. The third-order valence-corrected chi connectivity index (χ3v) is 3.34. The summed E-state index contributed by atoms with van der Waals surface area (Å²) in [7, 11) is 0. The van der Waals surface area contributed by atoms with E-state index in [-0.39, 0.29) is 0 Å². The van der Waals surface area contributed by atoms with Crippen LogP contribution < -0.4 is 5.32 Å². The van der Waals surface area contributed by atoms with E-state index in [1.165, 1.54) is 0 Å². The summed E-state index contributed by atoms with van der Waals surface area (Å²) in [6.07, 6.45) is 3.62. The zero-order valence-corrected chi connectivity index (χ0v) is 11.2. The molecule has 0 amide bonds. The number of H-pyrrole nitrogens is 1. The number of aryl methyl sites for hydroxylation is 1. The maximum Gasteiger partial charge on any atom is 0.0737 e. The van der Waals surface area contributed by atoms with Gasteiger partial charge in [0.25, 0.3) is 0 Å². The number of halogens is 1. The predicted molar refractivity (Wildman–Crippen MR) is 77.4 cm³/mol. The first-order valence-electron chi connectivity index (χ1n) is 6.01. The van der Waals surface area contributed by atoms with Gasteiger partial charge in [0.2, 0.25) is 0 Å². The van der Waals surface area contributed by atoms with Crippen molar-refractivity contribution >= 4 is 28.2 Å². The summed E-state index contributed by atoms with van der Waals surface area (Å²) in [6, 6.07) is 7.69. The normalized spacial score (nSPS) is 10.8. The maximum absolute atomic E-state index is 5.98. The van der Waals surface area contributed by atoms with E-state index >= 15 is 0 Å². The number of hydrogen-bond acceptors (Lipinski definition) is 3. The standard InChI is InChI=1S/C14H13ClN4/c1-9-10(8-18-19-9)7-17-13-4-5-16-14-6-11(15)2-3-12(13)14/h2-6,8H,7H2,1H3,(H,16,17)(H,18,19). The topological polar surface area (TPSA) is 53.6 Å². The number of nitrogens with one attached hydrogen (secondary N) is 2. The molecule has 0 fully saturated rings. The second kappa shape index (κ2) is 4.90. The zero-order chi connectivity index (χ0) is 13.2. The molecule has 0 radical (unpaired) electrons. The van der Waals surface area contributed by atoms with Gasteiger partial charge < -0.3 is 5.32 Å². The Morgan fingerprint density at radius 2 is 2.21 bits per heavy atom. The Morgan fingerprint density at radius 3 is 3.00 bits per heavy atom. The van der Waals surface area contributed by atoms with E-state index in [0.29, 0.717) is 5.02 Å². The van der Waals surface area contributed by atoms with Crippen LogP contribution in [0.2, 0.25) is 5.02 Å². The van der Waals surface area contributed by atoms with Gasteiger partial charge >= 0.3 is 0 Å². The van der Waals surface area contributed by atoms with Gasteiger partial charge in [-0.3, -0.25) is 10.1 Å². The molecule has 2 heterocycles. The highest BCUT2D eigenvalue weighted by Gasteiger charge is 2.04. The molecule has 0 aliphatic rings. The molecule has 1 aromatic carbocycles. The Kier molecular flexibility index (Phi) is 3.09. The van der Waals surface area contributed by atoms with E-state index in [9.17, 15) is 0 Å². The molecule has 0 aliphatic carbocycles. The van der Waals surface area contributed by atoms with Crippen molar-refractivity contribution in [2.24, 2.45) is 0 Å². The van der Waals surface area contributed by atoms with E-state index in [1.54, 1.807) is 6.20 Å². The Morgan fingerprint density at radius 1 is 1.32 bits per heavy atom. The molecule has 0 bridgehead atoms. The lowest BCUT2D eigenvalue weighted by atomic mass is 10.2. The van der Waals surface area contributed by atoms with Crippen LogP contribution in [-0.4, -0.2) is 15.2 Å². The van der Waals surface area contributed by atoms with Gasteiger partial charge in [-0.05, 0) is 31.2 Å². The van der Waals surface area contributed by atoms with E-state index in [1.807, 2.05) is 37.4 Å². The van der Waals surface area contributed by atoms with E-state index in [0.717, 1.165) is 34.4 Å². The van der Waals surface area contributed by atoms with E-state index < -0.39 is 0 Å². The number of pyridine rings is 1. The summed E-state index contributed by atoms with van der Waals surface area (Å²) in [5, 5.41) is 12.1. The van der Waals surface area contributed by atoms with Crippen molar-refractivity contribution in [1.29, 1.82) is 0 Å². The van der Waals surface area contributed by atoms with Gasteiger partial charge in [-0.25, -0.2) is 0 Å². The minimum absolute atomic E-state index is 0.697. The molecule has 4 nitrogen and oxygen atoms in total. The van der Waals surface area contributed by atoms with Gasteiger partial charge in [0.05, 0.1) is 11.7 Å². The lowest BCUT2D eigenvalue weighted by molar-refractivity contribution is 1.04. The van der Waals surface area contributed by atoms with E-state index in [4.69, 9.17) is 11.6 Å². The number of aromatic nitrogens is 3. The first-order valence-corrected chi connectivity index (χ1v) is 6.39. The van der Waals surface area contributed by atoms with Crippen molar-refractivity contribution in [3.05, 3.63) is 52.9 Å². The van der Waals surface area contributed by atoms with Crippen LogP contribution in [0.3, 0.4) is 0 Å². The molecular weight excluding hydrogens is 260 g/mol. The minimum atomic E-state index is 0.697. The number of aromatic amines is 1. The van der Waals surface area contributed by atoms with Crippen LogP contribution in [0.1, 0.15) is 11.3 Å². The minimum Gasteiger partial charge on any atom is -0.380 e. The molecule has 2 N–H and O–H groups in total. The number of rotatable bonds is 3. The predicted octanol–water partition coefficient (Wildman–Crippen LogP) is 3.53. The first-order chi connectivity index (χ1) is 9.24. The highest BCUT2D eigenvalue weighted by atomic mass is 35.5. The number of hydrogen-bond donors (Lipinski definition) is 2. The molecule has 0 spiro atoms. The third-order valence-electron chi connectivity index (χ3n) is 3.11. The second-order valence-electron chi connectivity index (χ2n) is 4.39. The maximum atomic E-state index is 5.98. The fourth-order valence-corrected chi connectivity index (χ4v) is 2.19. The highest BCUT2D eigenvalue weighted by molar-refractivity contribution is 6.31. The average Bonchev–Trinajstić information content (AvgIpc) is 2.81. The summed E-state index contributed by atoms with van der Waals surface area (Å²) >= 11 is 5.98. The first kappa shape index (κ1) is 12.0. The second-order valence-corrected chi connectivity index (χ2v) is 4.83. The fourth-order valence-electron chi connectivity index (χ4n) is 2.02. The fraction of sp³-hybridized carbons (Fsp3) is 0.143. The van der Waals surface area contributed by atoms with Crippen molar-refractivity contribution in [3.8, 4) is 0 Å². The molecule has 0 unspecified atom stereocenters. The summed E-state index contributed by atoms with van der Waals surface area (Å²) in [5.41, 5.74) is 4.16. The van der Waals surface area contributed by atoms with Crippen molar-refractivity contribution in [3.63, 3.8) is 0 Å². The lowest BCUT2D eigenvalue weighted by Crippen LogP contribution is -2.00. The van der Waals surface area contributed by atoms with Crippen LogP contribution in [0.15, 0.2) is 36.7 Å². The van der Waals surface area contributed by atoms with Crippen LogP contribution in [-0.2, 0) is 6.54 Å². The van der Waals surface area contributed by atoms with Crippen LogP contribution in [0.4, 0.5) is 5.69 Å². The van der Waals surface area contributed by atoms with Gasteiger partial charge in [-0.2, -0.15) is 5.10 Å².